The second kappa shape index (κ2) is 10.7. The Bertz CT molecular complexity index is 1440. The van der Waals surface area contributed by atoms with E-state index in [1.54, 1.807) is 12.1 Å². The van der Waals surface area contributed by atoms with Crippen LogP contribution in [0.1, 0.15) is 60.6 Å². The van der Waals surface area contributed by atoms with Crippen molar-refractivity contribution < 1.29 is 22.7 Å². The Morgan fingerprint density at radius 3 is 2.50 bits per heavy atom. The van der Waals surface area contributed by atoms with Crippen molar-refractivity contribution in [3.63, 3.8) is 0 Å². The van der Waals surface area contributed by atoms with Gasteiger partial charge in [0.05, 0.1) is 47.3 Å². The maximum Gasteiger partial charge on any atom is 0.339 e. The number of pyridine rings is 1. The highest BCUT2D eigenvalue weighted by Crippen LogP contribution is 2.31. The lowest BCUT2D eigenvalue weighted by Gasteiger charge is -2.27. The number of esters is 1. The SMILES string of the molecule is COC(=O)c1ccc(CC(=O)C(CC2CCCCC2)n2cnc3cc(S(C)(=O)=O)ccc3c2=O)nc1. The Labute approximate surface area is 209 Å². The number of hydrogen-bond donors (Lipinski definition) is 0. The normalized spacial score (nSPS) is 15.5. The van der Waals surface area contributed by atoms with Crippen molar-refractivity contribution in [2.45, 2.75) is 55.9 Å². The molecule has 10 heteroatoms. The van der Waals surface area contributed by atoms with Gasteiger partial charge in [-0.05, 0) is 42.7 Å². The number of fused-ring (bicyclic) bond motifs is 1. The number of sulfone groups is 1. The zero-order valence-corrected chi connectivity index (χ0v) is 21.2. The number of rotatable bonds is 8. The van der Waals surface area contributed by atoms with Crippen molar-refractivity contribution in [2.75, 3.05) is 13.4 Å². The molecule has 0 saturated heterocycles. The Morgan fingerprint density at radius 1 is 1.11 bits per heavy atom. The third kappa shape index (κ3) is 5.70. The summed E-state index contributed by atoms with van der Waals surface area (Å²) < 4.78 is 29.9. The predicted octanol–water partition coefficient (Wildman–Crippen LogP) is 3.30. The van der Waals surface area contributed by atoms with Crippen LogP contribution in [0.15, 0.2) is 52.5 Å². The molecule has 0 spiro atoms. The first kappa shape index (κ1) is 25.7. The number of benzene rings is 1. The van der Waals surface area contributed by atoms with Crippen LogP contribution in [-0.4, -0.2) is 48.1 Å². The van der Waals surface area contributed by atoms with Crippen LogP contribution in [0.2, 0.25) is 0 Å². The molecule has 1 aromatic carbocycles. The minimum atomic E-state index is -3.45. The lowest BCUT2D eigenvalue weighted by atomic mass is 9.83. The number of ether oxygens (including phenoxy) is 1. The van der Waals surface area contributed by atoms with Crippen LogP contribution < -0.4 is 5.56 Å². The van der Waals surface area contributed by atoms with Gasteiger partial charge in [-0.3, -0.25) is 19.1 Å². The number of hydrogen-bond acceptors (Lipinski definition) is 8. The van der Waals surface area contributed by atoms with Gasteiger partial charge >= 0.3 is 5.97 Å². The van der Waals surface area contributed by atoms with Gasteiger partial charge in [-0.15, -0.1) is 0 Å². The predicted molar refractivity (Wildman–Crippen MR) is 134 cm³/mol. The number of carbonyl (C=O) groups is 2. The maximum absolute atomic E-state index is 13.5. The number of aromatic nitrogens is 3. The van der Waals surface area contributed by atoms with Crippen molar-refractivity contribution in [1.29, 1.82) is 0 Å². The highest BCUT2D eigenvalue weighted by atomic mass is 32.2. The summed E-state index contributed by atoms with van der Waals surface area (Å²) in [5, 5.41) is 0.256. The first-order chi connectivity index (χ1) is 17.2. The molecule has 36 heavy (non-hydrogen) atoms. The third-order valence-corrected chi connectivity index (χ3v) is 7.88. The topological polar surface area (TPSA) is 125 Å². The Hall–Kier alpha value is -3.40. The Kier molecular flexibility index (Phi) is 7.63. The molecule has 0 N–H and O–H groups in total. The molecule has 0 amide bonds. The molecule has 190 valence electrons. The second-order valence-electron chi connectivity index (χ2n) is 9.34. The minimum Gasteiger partial charge on any atom is -0.465 e. The summed E-state index contributed by atoms with van der Waals surface area (Å²) in [5.41, 5.74) is 0.656. The molecule has 2 heterocycles. The van der Waals surface area contributed by atoms with Crippen LogP contribution >= 0.6 is 0 Å². The molecular weight excluding hydrogens is 482 g/mol. The average Bonchev–Trinajstić information content (AvgIpc) is 2.87. The van der Waals surface area contributed by atoms with Gasteiger partial charge in [0.25, 0.3) is 5.56 Å². The molecule has 1 atom stereocenters. The van der Waals surface area contributed by atoms with Gasteiger partial charge in [-0.2, -0.15) is 0 Å². The molecule has 4 rings (SSSR count). The van der Waals surface area contributed by atoms with Gasteiger partial charge in [0.2, 0.25) is 0 Å². The summed E-state index contributed by atoms with van der Waals surface area (Å²) >= 11 is 0. The maximum atomic E-state index is 13.5. The van der Waals surface area contributed by atoms with Crippen LogP contribution in [0.5, 0.6) is 0 Å². The zero-order chi connectivity index (χ0) is 25.9. The zero-order valence-electron chi connectivity index (χ0n) is 20.3. The quantitative estimate of drug-likeness (QED) is 0.422. The molecule has 1 aliphatic carbocycles. The second-order valence-corrected chi connectivity index (χ2v) is 11.4. The van der Waals surface area contributed by atoms with E-state index in [0.717, 1.165) is 31.9 Å². The standard InChI is InChI=1S/C26H29N3O6S/c1-35-26(32)18-8-9-19(27-15-18)13-24(30)23(12-17-6-4-3-5-7-17)29-16-28-22-14-20(36(2,33)34)10-11-21(22)25(29)31/h8-11,14-17,23H,3-7,12-13H2,1-2H3. The fraction of sp³-hybridized carbons (Fsp3) is 0.423. The van der Waals surface area contributed by atoms with Crippen LogP contribution in [0, 0.1) is 5.92 Å². The van der Waals surface area contributed by atoms with Crippen LogP contribution in [0.3, 0.4) is 0 Å². The minimum absolute atomic E-state index is 0.00364. The number of nitrogens with zero attached hydrogens (tertiary/aromatic N) is 3. The van der Waals surface area contributed by atoms with Gasteiger partial charge < -0.3 is 4.74 Å². The number of Topliss-reactive ketones (excluding diaryl/α,β-unsaturated/α-hetero) is 1. The molecule has 1 unspecified atom stereocenters. The summed E-state index contributed by atoms with van der Waals surface area (Å²) in [6.45, 7) is 0. The van der Waals surface area contributed by atoms with E-state index in [2.05, 4.69) is 14.7 Å². The van der Waals surface area contributed by atoms with E-state index in [9.17, 15) is 22.8 Å². The smallest absolute Gasteiger partial charge is 0.339 e. The molecule has 0 aliphatic heterocycles. The largest absolute Gasteiger partial charge is 0.465 e. The summed E-state index contributed by atoms with van der Waals surface area (Å²) in [5.74, 6) is -0.365. The van der Waals surface area contributed by atoms with Crippen LogP contribution in [0.4, 0.5) is 0 Å². The summed E-state index contributed by atoms with van der Waals surface area (Å²) in [7, 11) is -2.17. The molecule has 1 aliphatic rings. The number of carbonyl (C=O) groups excluding carboxylic acids is 2. The fourth-order valence-electron chi connectivity index (χ4n) is 4.77. The van der Waals surface area contributed by atoms with Gasteiger partial charge in [0.15, 0.2) is 15.6 Å². The molecule has 9 nitrogen and oxygen atoms in total. The van der Waals surface area contributed by atoms with Crippen molar-refractivity contribution in [2.24, 2.45) is 5.92 Å². The molecule has 1 saturated carbocycles. The van der Waals surface area contributed by atoms with Gasteiger partial charge in [0.1, 0.15) is 0 Å². The number of methoxy groups -OCH3 is 1. The van der Waals surface area contributed by atoms with E-state index in [4.69, 9.17) is 0 Å². The molecule has 0 bridgehead atoms. The summed E-state index contributed by atoms with van der Waals surface area (Å²) in [6, 6.07) is 6.65. The van der Waals surface area contributed by atoms with E-state index >= 15 is 0 Å². The highest BCUT2D eigenvalue weighted by Gasteiger charge is 2.28. The molecular formula is C26H29N3O6S. The molecule has 2 aromatic heterocycles. The van der Waals surface area contributed by atoms with Crippen LogP contribution in [0.25, 0.3) is 10.9 Å². The summed E-state index contributed by atoms with van der Waals surface area (Å²) in [4.78, 5) is 47.3. The van der Waals surface area contributed by atoms with E-state index in [1.165, 1.54) is 48.8 Å². The Morgan fingerprint density at radius 2 is 1.86 bits per heavy atom. The monoisotopic (exact) mass is 511 g/mol. The van der Waals surface area contributed by atoms with Crippen molar-refractivity contribution in [3.05, 3.63) is 64.5 Å². The van der Waals surface area contributed by atoms with Crippen molar-refractivity contribution in [1.82, 2.24) is 14.5 Å². The first-order valence-electron chi connectivity index (χ1n) is 11.9. The van der Waals surface area contributed by atoms with E-state index in [-0.39, 0.29) is 39.1 Å². The van der Waals surface area contributed by atoms with E-state index in [1.807, 2.05) is 0 Å². The van der Waals surface area contributed by atoms with Gasteiger partial charge in [-0.25, -0.2) is 18.2 Å². The lowest BCUT2D eigenvalue weighted by molar-refractivity contribution is -0.122. The number of ketones is 1. The van der Waals surface area contributed by atoms with Gasteiger partial charge in [0, 0.05) is 18.1 Å². The Balaban J connectivity index is 1.68. The average molecular weight is 512 g/mol. The molecule has 1 fully saturated rings. The fourth-order valence-corrected chi connectivity index (χ4v) is 5.41. The highest BCUT2D eigenvalue weighted by molar-refractivity contribution is 7.90. The van der Waals surface area contributed by atoms with Gasteiger partial charge in [-0.1, -0.05) is 32.1 Å². The molecule has 3 aromatic rings. The van der Waals surface area contributed by atoms with Crippen LogP contribution in [-0.2, 0) is 25.8 Å². The third-order valence-electron chi connectivity index (χ3n) is 6.77. The summed E-state index contributed by atoms with van der Waals surface area (Å²) in [6.07, 6.45) is 9.70. The van der Waals surface area contributed by atoms with E-state index in [0.29, 0.717) is 18.0 Å². The van der Waals surface area contributed by atoms with Crippen molar-refractivity contribution >= 4 is 32.5 Å². The van der Waals surface area contributed by atoms with E-state index < -0.39 is 21.8 Å². The first-order valence-corrected chi connectivity index (χ1v) is 13.8. The van der Waals surface area contributed by atoms with Crippen molar-refractivity contribution in [3.8, 4) is 0 Å². The lowest BCUT2D eigenvalue weighted by Crippen LogP contribution is -2.33. The molecule has 0 radical (unpaired) electrons.